The van der Waals surface area contributed by atoms with Crippen molar-refractivity contribution in [3.63, 3.8) is 0 Å². The number of amides is 3. The van der Waals surface area contributed by atoms with Crippen molar-refractivity contribution >= 4 is 29.3 Å². The van der Waals surface area contributed by atoms with Crippen molar-refractivity contribution in [1.29, 1.82) is 0 Å². The number of nitrogens with one attached hydrogen (secondary N) is 3. The second-order valence-corrected chi connectivity index (χ2v) is 4.67. The SMILES string of the molecule is CCCCNC(=O)Nc1ccc(NC(C)=O)cc1C(=O)OC. The van der Waals surface area contributed by atoms with Gasteiger partial charge in [0.1, 0.15) is 0 Å². The Hall–Kier alpha value is -2.57. The summed E-state index contributed by atoms with van der Waals surface area (Å²) in [6, 6.07) is 4.19. The molecule has 0 saturated carbocycles. The zero-order valence-electron chi connectivity index (χ0n) is 13.0. The third-order valence-electron chi connectivity index (χ3n) is 2.81. The van der Waals surface area contributed by atoms with E-state index in [9.17, 15) is 14.4 Å². The molecule has 0 atom stereocenters. The minimum atomic E-state index is -0.601. The molecule has 22 heavy (non-hydrogen) atoms. The third-order valence-corrected chi connectivity index (χ3v) is 2.81. The van der Waals surface area contributed by atoms with Crippen LogP contribution in [0, 0.1) is 0 Å². The van der Waals surface area contributed by atoms with E-state index in [1.807, 2.05) is 6.92 Å². The summed E-state index contributed by atoms with van der Waals surface area (Å²) in [5, 5.41) is 7.86. The molecule has 7 nitrogen and oxygen atoms in total. The molecule has 0 unspecified atom stereocenters. The Morgan fingerprint density at radius 1 is 1.18 bits per heavy atom. The molecule has 3 amide bonds. The van der Waals surface area contributed by atoms with Crippen LogP contribution in [0.15, 0.2) is 18.2 Å². The third kappa shape index (κ3) is 5.43. The van der Waals surface area contributed by atoms with Crippen LogP contribution in [-0.4, -0.2) is 31.6 Å². The number of unbranched alkanes of at least 4 members (excludes halogenated alkanes) is 1. The number of carbonyl (C=O) groups is 3. The molecule has 1 aromatic rings. The lowest BCUT2D eigenvalue weighted by molar-refractivity contribution is -0.114. The number of hydrogen-bond donors (Lipinski definition) is 3. The predicted octanol–water partition coefficient (Wildman–Crippen LogP) is 2.35. The van der Waals surface area contributed by atoms with Crippen LogP contribution in [0.3, 0.4) is 0 Å². The van der Waals surface area contributed by atoms with E-state index in [4.69, 9.17) is 4.74 Å². The highest BCUT2D eigenvalue weighted by Crippen LogP contribution is 2.21. The minimum absolute atomic E-state index is 0.166. The smallest absolute Gasteiger partial charge is 0.340 e. The molecule has 7 heteroatoms. The predicted molar refractivity (Wildman–Crippen MR) is 84.0 cm³/mol. The van der Waals surface area contributed by atoms with Crippen LogP contribution in [0.25, 0.3) is 0 Å². The average Bonchev–Trinajstić information content (AvgIpc) is 2.47. The summed E-state index contributed by atoms with van der Waals surface area (Å²) >= 11 is 0. The quantitative estimate of drug-likeness (QED) is 0.555. The van der Waals surface area contributed by atoms with Crippen LogP contribution in [0.1, 0.15) is 37.0 Å². The van der Waals surface area contributed by atoms with Gasteiger partial charge in [0.05, 0.1) is 18.4 Å². The van der Waals surface area contributed by atoms with Gasteiger partial charge >= 0.3 is 12.0 Å². The second-order valence-electron chi connectivity index (χ2n) is 4.67. The Morgan fingerprint density at radius 2 is 1.91 bits per heavy atom. The van der Waals surface area contributed by atoms with E-state index in [2.05, 4.69) is 16.0 Å². The Kier molecular flexibility index (Phi) is 6.88. The van der Waals surface area contributed by atoms with Gasteiger partial charge in [0.15, 0.2) is 0 Å². The van der Waals surface area contributed by atoms with Gasteiger partial charge in [0.25, 0.3) is 0 Å². The fourth-order valence-electron chi connectivity index (χ4n) is 1.76. The normalized spacial score (nSPS) is 9.77. The highest BCUT2D eigenvalue weighted by atomic mass is 16.5. The van der Waals surface area contributed by atoms with Crippen molar-refractivity contribution in [2.24, 2.45) is 0 Å². The lowest BCUT2D eigenvalue weighted by Gasteiger charge is -2.12. The van der Waals surface area contributed by atoms with Gasteiger partial charge in [-0.2, -0.15) is 0 Å². The van der Waals surface area contributed by atoms with Gasteiger partial charge in [-0.25, -0.2) is 9.59 Å². The number of ether oxygens (including phenoxy) is 1. The number of methoxy groups -OCH3 is 1. The Labute approximate surface area is 129 Å². The largest absolute Gasteiger partial charge is 0.465 e. The van der Waals surface area contributed by atoms with Gasteiger partial charge < -0.3 is 20.7 Å². The zero-order valence-corrected chi connectivity index (χ0v) is 13.0. The molecule has 0 spiro atoms. The lowest BCUT2D eigenvalue weighted by atomic mass is 10.1. The summed E-state index contributed by atoms with van der Waals surface area (Å²) in [5.41, 5.74) is 0.930. The first-order chi connectivity index (χ1) is 10.5. The maximum Gasteiger partial charge on any atom is 0.340 e. The van der Waals surface area contributed by atoms with E-state index < -0.39 is 12.0 Å². The van der Waals surface area contributed by atoms with Gasteiger partial charge in [-0.15, -0.1) is 0 Å². The molecule has 0 aliphatic carbocycles. The van der Waals surface area contributed by atoms with Crippen molar-refractivity contribution in [2.45, 2.75) is 26.7 Å². The number of carbonyl (C=O) groups excluding carboxylic acids is 3. The van der Waals surface area contributed by atoms with Gasteiger partial charge in [-0.05, 0) is 24.6 Å². The van der Waals surface area contributed by atoms with E-state index in [-0.39, 0.29) is 11.5 Å². The highest BCUT2D eigenvalue weighted by molar-refractivity contribution is 6.02. The van der Waals surface area contributed by atoms with Crippen molar-refractivity contribution in [3.8, 4) is 0 Å². The average molecular weight is 307 g/mol. The summed E-state index contributed by atoms with van der Waals surface area (Å²) in [4.78, 5) is 34.6. The van der Waals surface area contributed by atoms with E-state index in [0.29, 0.717) is 17.9 Å². The Balaban J connectivity index is 2.90. The first kappa shape index (κ1) is 17.5. The number of anilines is 2. The maximum atomic E-state index is 11.8. The second kappa shape index (κ2) is 8.66. The maximum absolute atomic E-state index is 11.8. The molecule has 1 rings (SSSR count). The molecule has 0 fully saturated rings. The highest BCUT2D eigenvalue weighted by Gasteiger charge is 2.15. The minimum Gasteiger partial charge on any atom is -0.465 e. The molecule has 0 aromatic heterocycles. The monoisotopic (exact) mass is 307 g/mol. The van der Waals surface area contributed by atoms with Gasteiger partial charge in [0.2, 0.25) is 5.91 Å². The topological polar surface area (TPSA) is 96.5 Å². The standard InChI is InChI=1S/C15H21N3O4/c1-4-5-8-16-15(21)18-13-7-6-11(17-10(2)19)9-12(13)14(20)22-3/h6-7,9H,4-5,8H2,1-3H3,(H,17,19)(H2,16,18,21). The van der Waals surface area contributed by atoms with Crippen LogP contribution in [0.5, 0.6) is 0 Å². The summed E-state index contributed by atoms with van der Waals surface area (Å²) in [6.45, 7) is 3.95. The number of urea groups is 1. The lowest BCUT2D eigenvalue weighted by Crippen LogP contribution is -2.30. The summed E-state index contributed by atoms with van der Waals surface area (Å²) in [5.74, 6) is -0.857. The van der Waals surface area contributed by atoms with Crippen molar-refractivity contribution < 1.29 is 19.1 Å². The summed E-state index contributed by atoms with van der Waals surface area (Å²) in [7, 11) is 1.25. The van der Waals surface area contributed by atoms with Crippen molar-refractivity contribution in [3.05, 3.63) is 23.8 Å². The molecule has 0 aliphatic rings. The van der Waals surface area contributed by atoms with Gasteiger partial charge in [-0.3, -0.25) is 4.79 Å². The van der Waals surface area contributed by atoms with E-state index >= 15 is 0 Å². The fraction of sp³-hybridized carbons (Fsp3) is 0.400. The molecule has 0 radical (unpaired) electrons. The van der Waals surface area contributed by atoms with Crippen LogP contribution < -0.4 is 16.0 Å². The van der Waals surface area contributed by atoms with Crippen molar-refractivity contribution in [2.75, 3.05) is 24.3 Å². The van der Waals surface area contributed by atoms with Crippen LogP contribution in [0.4, 0.5) is 16.2 Å². The van der Waals surface area contributed by atoms with Crippen molar-refractivity contribution in [1.82, 2.24) is 5.32 Å². The van der Waals surface area contributed by atoms with Crippen LogP contribution >= 0.6 is 0 Å². The fourth-order valence-corrected chi connectivity index (χ4v) is 1.76. The Morgan fingerprint density at radius 3 is 2.50 bits per heavy atom. The zero-order chi connectivity index (χ0) is 16.5. The summed E-state index contributed by atoms with van der Waals surface area (Å²) in [6.07, 6.45) is 1.85. The molecular weight excluding hydrogens is 286 g/mol. The number of hydrogen-bond acceptors (Lipinski definition) is 4. The molecule has 0 saturated heterocycles. The number of benzene rings is 1. The molecular formula is C15H21N3O4. The Bertz CT molecular complexity index is 558. The molecule has 120 valence electrons. The van der Waals surface area contributed by atoms with Crippen LogP contribution in [-0.2, 0) is 9.53 Å². The van der Waals surface area contributed by atoms with Gasteiger partial charge in [-0.1, -0.05) is 13.3 Å². The van der Waals surface area contributed by atoms with Gasteiger partial charge in [0, 0.05) is 19.2 Å². The van der Waals surface area contributed by atoms with Crippen LogP contribution in [0.2, 0.25) is 0 Å². The molecule has 3 N–H and O–H groups in total. The first-order valence-electron chi connectivity index (χ1n) is 7.02. The first-order valence-corrected chi connectivity index (χ1v) is 7.02. The molecule has 1 aromatic carbocycles. The molecule has 0 aliphatic heterocycles. The van der Waals surface area contributed by atoms with E-state index in [1.54, 1.807) is 6.07 Å². The number of rotatable bonds is 6. The van der Waals surface area contributed by atoms with E-state index in [0.717, 1.165) is 12.8 Å². The van der Waals surface area contributed by atoms with E-state index in [1.165, 1.54) is 26.2 Å². The molecule has 0 bridgehead atoms. The summed E-state index contributed by atoms with van der Waals surface area (Å²) < 4.78 is 4.69. The number of esters is 1. The molecule has 0 heterocycles.